The zero-order valence-corrected chi connectivity index (χ0v) is 15.8. The third-order valence-corrected chi connectivity index (χ3v) is 5.36. The first-order chi connectivity index (χ1) is 14.1. The number of carbonyl (C=O) groups excluding carboxylic acids is 1. The quantitative estimate of drug-likeness (QED) is 0.717. The second kappa shape index (κ2) is 8.22. The molecule has 29 heavy (non-hydrogen) atoms. The maximum Gasteiger partial charge on any atom is 0.335 e. The molecule has 1 amide bonds. The molecular weight excluding hydrogens is 370 g/mol. The number of amides is 1. The Kier molecular flexibility index (Phi) is 5.33. The fraction of sp³-hybridized carbons (Fsp3) is 0.286. The van der Waals surface area contributed by atoms with Crippen LogP contribution in [0, 0.1) is 5.92 Å². The van der Waals surface area contributed by atoms with Gasteiger partial charge in [-0.2, -0.15) is 0 Å². The molecule has 0 aliphatic carbocycles. The zero-order chi connectivity index (χ0) is 20.2. The van der Waals surface area contributed by atoms with Gasteiger partial charge in [-0.05, 0) is 65.4 Å². The normalized spacial score (nSPS) is 14.7. The largest absolute Gasteiger partial charge is 0.478 e. The average Bonchev–Trinajstić information content (AvgIpc) is 3.29. The maximum absolute atomic E-state index is 12.9. The molecule has 1 saturated heterocycles. The van der Waals surface area contributed by atoms with Crippen molar-refractivity contribution in [3.63, 3.8) is 0 Å². The SMILES string of the molecule is O=C(O)c1ccccc1CC1CCN(C(=O)c2cccc(-n3cnnn3)c2)CC1. The fourth-order valence-electron chi connectivity index (χ4n) is 3.80. The Morgan fingerprint density at radius 2 is 1.86 bits per heavy atom. The average molecular weight is 391 g/mol. The van der Waals surface area contributed by atoms with Gasteiger partial charge in [-0.1, -0.05) is 24.3 Å². The molecule has 8 nitrogen and oxygen atoms in total. The van der Waals surface area contributed by atoms with Crippen LogP contribution >= 0.6 is 0 Å². The van der Waals surface area contributed by atoms with Gasteiger partial charge in [0.2, 0.25) is 0 Å². The van der Waals surface area contributed by atoms with Crippen molar-refractivity contribution < 1.29 is 14.7 Å². The lowest BCUT2D eigenvalue weighted by atomic mass is 9.88. The van der Waals surface area contributed by atoms with Crippen LogP contribution in [0.2, 0.25) is 0 Å². The third-order valence-electron chi connectivity index (χ3n) is 5.36. The molecule has 8 heteroatoms. The molecule has 0 spiro atoms. The molecule has 1 aliphatic rings. The predicted octanol–water partition coefficient (Wildman–Crippen LogP) is 2.46. The summed E-state index contributed by atoms with van der Waals surface area (Å²) in [5.74, 6) is -0.535. The number of likely N-dealkylation sites (tertiary alicyclic amines) is 1. The molecule has 0 saturated carbocycles. The van der Waals surface area contributed by atoms with E-state index in [1.165, 1.54) is 11.0 Å². The minimum Gasteiger partial charge on any atom is -0.478 e. The summed E-state index contributed by atoms with van der Waals surface area (Å²) in [6.45, 7) is 1.32. The first-order valence-corrected chi connectivity index (χ1v) is 9.55. The molecule has 4 rings (SSSR count). The lowest BCUT2D eigenvalue weighted by Crippen LogP contribution is -2.39. The second-order valence-electron chi connectivity index (χ2n) is 7.21. The summed E-state index contributed by atoms with van der Waals surface area (Å²) in [6.07, 6.45) is 3.92. The standard InChI is InChI=1S/C21H21N5O3/c27-20(17-5-3-6-18(13-17)26-14-22-23-24-26)25-10-8-15(9-11-25)12-16-4-1-2-7-19(16)21(28)29/h1-7,13-15H,8-12H2,(H,28,29). The molecule has 1 aliphatic heterocycles. The number of carboxylic acid groups (broad SMARTS) is 1. The van der Waals surface area contributed by atoms with E-state index in [-0.39, 0.29) is 5.91 Å². The van der Waals surface area contributed by atoms with Crippen molar-refractivity contribution in [1.29, 1.82) is 0 Å². The van der Waals surface area contributed by atoms with E-state index in [0.29, 0.717) is 30.1 Å². The Morgan fingerprint density at radius 1 is 1.07 bits per heavy atom. The lowest BCUT2D eigenvalue weighted by Gasteiger charge is -2.32. The van der Waals surface area contributed by atoms with Gasteiger partial charge in [0.25, 0.3) is 5.91 Å². The monoisotopic (exact) mass is 391 g/mol. The Hall–Kier alpha value is -3.55. The van der Waals surface area contributed by atoms with Gasteiger partial charge >= 0.3 is 5.97 Å². The van der Waals surface area contributed by atoms with Crippen LogP contribution in [0.15, 0.2) is 54.9 Å². The summed E-state index contributed by atoms with van der Waals surface area (Å²) in [4.78, 5) is 26.2. The number of tetrazole rings is 1. The Bertz CT molecular complexity index is 1010. The molecule has 1 aromatic heterocycles. The van der Waals surface area contributed by atoms with Gasteiger partial charge in [-0.25, -0.2) is 9.48 Å². The smallest absolute Gasteiger partial charge is 0.335 e. The molecule has 0 bridgehead atoms. The van der Waals surface area contributed by atoms with Crippen LogP contribution in [0.5, 0.6) is 0 Å². The molecule has 1 fully saturated rings. The Balaban J connectivity index is 1.39. The van der Waals surface area contributed by atoms with E-state index < -0.39 is 5.97 Å². The van der Waals surface area contributed by atoms with Crippen molar-refractivity contribution in [1.82, 2.24) is 25.1 Å². The first kappa shape index (κ1) is 18.8. The minimum absolute atomic E-state index is 0.00990. The summed E-state index contributed by atoms with van der Waals surface area (Å²) >= 11 is 0. The Labute approximate surface area is 167 Å². The van der Waals surface area contributed by atoms with Crippen LogP contribution in [-0.2, 0) is 6.42 Å². The van der Waals surface area contributed by atoms with Gasteiger partial charge < -0.3 is 10.0 Å². The van der Waals surface area contributed by atoms with Crippen LogP contribution in [-0.4, -0.2) is 55.2 Å². The molecule has 2 heterocycles. The third kappa shape index (κ3) is 4.16. The number of hydrogen-bond donors (Lipinski definition) is 1. The summed E-state index contributed by atoms with van der Waals surface area (Å²) < 4.78 is 1.52. The summed E-state index contributed by atoms with van der Waals surface area (Å²) in [6, 6.07) is 14.4. The van der Waals surface area contributed by atoms with Crippen molar-refractivity contribution in [2.75, 3.05) is 13.1 Å². The number of benzene rings is 2. The molecule has 2 aromatic carbocycles. The molecule has 0 atom stereocenters. The Morgan fingerprint density at radius 3 is 2.59 bits per heavy atom. The van der Waals surface area contributed by atoms with Gasteiger partial charge in [0, 0.05) is 18.7 Å². The van der Waals surface area contributed by atoms with E-state index >= 15 is 0 Å². The van der Waals surface area contributed by atoms with E-state index in [1.54, 1.807) is 24.3 Å². The van der Waals surface area contributed by atoms with E-state index in [9.17, 15) is 14.7 Å². The summed E-state index contributed by atoms with van der Waals surface area (Å²) in [5.41, 5.74) is 2.57. The number of piperidine rings is 1. The van der Waals surface area contributed by atoms with Crippen LogP contribution in [0.4, 0.5) is 0 Å². The highest BCUT2D eigenvalue weighted by atomic mass is 16.4. The molecule has 3 aromatic rings. The highest BCUT2D eigenvalue weighted by Crippen LogP contribution is 2.25. The van der Waals surface area contributed by atoms with Crippen molar-refractivity contribution in [2.45, 2.75) is 19.3 Å². The van der Waals surface area contributed by atoms with Crippen LogP contribution in [0.25, 0.3) is 5.69 Å². The van der Waals surface area contributed by atoms with E-state index in [1.807, 2.05) is 29.2 Å². The molecular formula is C21H21N5O3. The number of carboxylic acids is 1. The van der Waals surface area contributed by atoms with E-state index in [2.05, 4.69) is 15.5 Å². The number of nitrogens with zero attached hydrogens (tertiary/aromatic N) is 5. The number of aromatic carboxylic acids is 1. The van der Waals surface area contributed by atoms with Crippen molar-refractivity contribution in [2.24, 2.45) is 5.92 Å². The van der Waals surface area contributed by atoms with Crippen LogP contribution < -0.4 is 0 Å². The molecule has 1 N–H and O–H groups in total. The lowest BCUT2D eigenvalue weighted by molar-refractivity contribution is 0.0690. The number of hydrogen-bond acceptors (Lipinski definition) is 5. The van der Waals surface area contributed by atoms with Gasteiger partial charge in [-0.15, -0.1) is 5.10 Å². The molecule has 148 valence electrons. The molecule has 0 unspecified atom stereocenters. The zero-order valence-electron chi connectivity index (χ0n) is 15.8. The highest BCUT2D eigenvalue weighted by Gasteiger charge is 2.25. The van der Waals surface area contributed by atoms with Crippen molar-refractivity contribution >= 4 is 11.9 Å². The summed E-state index contributed by atoms with van der Waals surface area (Å²) in [7, 11) is 0. The highest BCUT2D eigenvalue weighted by molar-refractivity contribution is 5.94. The van der Waals surface area contributed by atoms with E-state index in [0.717, 1.165) is 30.5 Å². The first-order valence-electron chi connectivity index (χ1n) is 9.55. The van der Waals surface area contributed by atoms with Crippen molar-refractivity contribution in [3.8, 4) is 5.69 Å². The van der Waals surface area contributed by atoms with Crippen LogP contribution in [0.3, 0.4) is 0 Å². The van der Waals surface area contributed by atoms with Gasteiger partial charge in [0.05, 0.1) is 11.3 Å². The topological polar surface area (TPSA) is 101 Å². The van der Waals surface area contributed by atoms with Crippen LogP contribution in [0.1, 0.15) is 39.1 Å². The van der Waals surface area contributed by atoms with Crippen molar-refractivity contribution in [3.05, 3.63) is 71.5 Å². The minimum atomic E-state index is -0.893. The van der Waals surface area contributed by atoms with Gasteiger partial charge in [0.1, 0.15) is 6.33 Å². The van der Waals surface area contributed by atoms with Gasteiger partial charge in [0.15, 0.2) is 0 Å². The van der Waals surface area contributed by atoms with Gasteiger partial charge in [-0.3, -0.25) is 4.79 Å². The maximum atomic E-state index is 12.9. The molecule has 0 radical (unpaired) electrons. The fourth-order valence-corrected chi connectivity index (χ4v) is 3.80. The number of rotatable bonds is 5. The van der Waals surface area contributed by atoms with E-state index in [4.69, 9.17) is 0 Å². The predicted molar refractivity (Wildman–Crippen MR) is 105 cm³/mol. The number of aromatic nitrogens is 4. The summed E-state index contributed by atoms with van der Waals surface area (Å²) in [5, 5.41) is 20.5. The second-order valence-corrected chi connectivity index (χ2v) is 7.21. The number of carbonyl (C=O) groups is 2.